The number of hydrogen-bond acceptors (Lipinski definition) is 5. The molecule has 0 saturated carbocycles. The van der Waals surface area contributed by atoms with Crippen molar-refractivity contribution >= 4 is 29.4 Å². The highest BCUT2D eigenvalue weighted by Crippen LogP contribution is 2.37. The van der Waals surface area contributed by atoms with Crippen molar-refractivity contribution in [1.82, 2.24) is 15.5 Å². The molecular formula is C19H20ClF3N4O2. The second-order valence-corrected chi connectivity index (χ2v) is 7.22. The van der Waals surface area contributed by atoms with E-state index in [0.29, 0.717) is 11.1 Å². The van der Waals surface area contributed by atoms with Crippen molar-refractivity contribution in [3.05, 3.63) is 47.2 Å². The van der Waals surface area contributed by atoms with Gasteiger partial charge >= 0.3 is 6.18 Å². The standard InChI is InChI=1S/C19H19F3N4O2.ClH/c1-10-15-12(16(27)24-9-18(2,3)23)8-14(25-17(15)28-26-10)11-6-4-5-7-13(11)19(20,21)22;/h4-8H,9,23H2,1-3H3,(H,24,27);1H. The third-order valence-electron chi connectivity index (χ3n) is 4.07. The molecule has 0 spiro atoms. The summed E-state index contributed by atoms with van der Waals surface area (Å²) in [4.78, 5) is 16.9. The van der Waals surface area contributed by atoms with E-state index >= 15 is 0 Å². The molecule has 3 N–H and O–H groups in total. The van der Waals surface area contributed by atoms with Crippen LogP contribution < -0.4 is 11.1 Å². The summed E-state index contributed by atoms with van der Waals surface area (Å²) in [7, 11) is 0. The van der Waals surface area contributed by atoms with Crippen molar-refractivity contribution in [3.8, 4) is 11.3 Å². The summed E-state index contributed by atoms with van der Waals surface area (Å²) in [5, 5.41) is 6.83. The first-order chi connectivity index (χ1) is 13.0. The fourth-order valence-corrected chi connectivity index (χ4v) is 2.77. The lowest BCUT2D eigenvalue weighted by Gasteiger charge is -2.19. The molecule has 1 aromatic carbocycles. The van der Waals surface area contributed by atoms with E-state index in [2.05, 4.69) is 15.5 Å². The molecule has 10 heteroatoms. The van der Waals surface area contributed by atoms with Crippen LogP contribution in [-0.2, 0) is 6.18 Å². The number of rotatable bonds is 4. The van der Waals surface area contributed by atoms with Crippen molar-refractivity contribution in [2.24, 2.45) is 5.73 Å². The zero-order chi connectivity index (χ0) is 20.7. The average Bonchev–Trinajstić information content (AvgIpc) is 2.98. The SMILES string of the molecule is Cc1noc2nc(-c3ccccc3C(F)(F)F)cc(C(=O)NCC(C)(C)N)c12.Cl. The van der Waals surface area contributed by atoms with Crippen LogP contribution in [0.4, 0.5) is 13.2 Å². The van der Waals surface area contributed by atoms with Crippen molar-refractivity contribution in [1.29, 1.82) is 0 Å². The number of benzene rings is 1. The first-order valence-corrected chi connectivity index (χ1v) is 8.48. The van der Waals surface area contributed by atoms with Crippen LogP contribution in [0.3, 0.4) is 0 Å². The smallest absolute Gasteiger partial charge is 0.350 e. The Hall–Kier alpha value is -2.65. The Labute approximate surface area is 171 Å². The summed E-state index contributed by atoms with van der Waals surface area (Å²) >= 11 is 0. The fraction of sp³-hybridized carbons (Fsp3) is 0.316. The number of nitrogens with zero attached hydrogens (tertiary/aromatic N) is 2. The van der Waals surface area contributed by atoms with Crippen molar-refractivity contribution in [2.75, 3.05) is 6.54 Å². The molecule has 2 aromatic heterocycles. The van der Waals surface area contributed by atoms with Gasteiger partial charge < -0.3 is 15.6 Å². The number of hydrogen-bond donors (Lipinski definition) is 2. The Kier molecular flexibility index (Phi) is 6.24. The first-order valence-electron chi connectivity index (χ1n) is 8.48. The number of amides is 1. The number of nitrogens with one attached hydrogen (secondary N) is 1. The van der Waals surface area contributed by atoms with Crippen LogP contribution in [0.1, 0.15) is 35.5 Å². The minimum atomic E-state index is -4.57. The summed E-state index contributed by atoms with van der Waals surface area (Å²) in [6.07, 6.45) is -4.57. The van der Waals surface area contributed by atoms with Crippen LogP contribution in [0, 0.1) is 6.92 Å². The lowest BCUT2D eigenvalue weighted by Crippen LogP contribution is -2.45. The quantitative estimate of drug-likeness (QED) is 0.652. The van der Waals surface area contributed by atoms with Crippen molar-refractivity contribution in [3.63, 3.8) is 0 Å². The zero-order valence-corrected chi connectivity index (χ0v) is 16.7. The Morgan fingerprint density at radius 3 is 2.52 bits per heavy atom. The van der Waals surface area contributed by atoms with E-state index in [4.69, 9.17) is 10.3 Å². The van der Waals surface area contributed by atoms with Crippen molar-refractivity contribution < 1.29 is 22.5 Å². The number of nitrogens with two attached hydrogens (primary N) is 1. The summed E-state index contributed by atoms with van der Waals surface area (Å²) in [5.74, 6) is -0.497. The van der Waals surface area contributed by atoms with E-state index < -0.39 is 23.2 Å². The van der Waals surface area contributed by atoms with E-state index in [1.165, 1.54) is 24.3 Å². The van der Waals surface area contributed by atoms with Gasteiger partial charge in [-0.3, -0.25) is 4.79 Å². The van der Waals surface area contributed by atoms with Crippen LogP contribution in [0.2, 0.25) is 0 Å². The molecule has 2 heterocycles. The minimum absolute atomic E-state index is 0. The van der Waals surface area contributed by atoms with E-state index in [-0.39, 0.29) is 41.5 Å². The fourth-order valence-electron chi connectivity index (χ4n) is 2.77. The molecule has 156 valence electrons. The van der Waals surface area contributed by atoms with Crippen LogP contribution in [-0.4, -0.2) is 28.1 Å². The third-order valence-corrected chi connectivity index (χ3v) is 4.07. The number of carbonyl (C=O) groups excluding carboxylic acids is 1. The highest BCUT2D eigenvalue weighted by Gasteiger charge is 2.34. The number of fused-ring (bicyclic) bond motifs is 1. The van der Waals surface area contributed by atoms with Gasteiger partial charge in [0.1, 0.15) is 0 Å². The molecule has 0 fully saturated rings. The van der Waals surface area contributed by atoms with Gasteiger partial charge in [0, 0.05) is 17.6 Å². The average molecular weight is 429 g/mol. The normalized spacial score (nSPS) is 12.0. The molecule has 0 aliphatic heterocycles. The molecule has 0 saturated heterocycles. The molecule has 0 radical (unpaired) electrons. The van der Waals surface area contributed by atoms with Gasteiger partial charge in [0.2, 0.25) is 0 Å². The topological polar surface area (TPSA) is 94.0 Å². The Balaban J connectivity index is 0.00000300. The second kappa shape index (κ2) is 8.00. The summed E-state index contributed by atoms with van der Waals surface area (Å²) in [6.45, 7) is 5.28. The molecular weight excluding hydrogens is 409 g/mol. The zero-order valence-electron chi connectivity index (χ0n) is 15.9. The molecule has 3 rings (SSSR count). The Bertz CT molecular complexity index is 1040. The summed E-state index contributed by atoms with van der Waals surface area (Å²) in [6, 6.07) is 6.34. The van der Waals surface area contributed by atoms with Crippen LogP contribution in [0.15, 0.2) is 34.9 Å². The van der Waals surface area contributed by atoms with Gasteiger partial charge in [-0.15, -0.1) is 12.4 Å². The van der Waals surface area contributed by atoms with Gasteiger partial charge in [-0.05, 0) is 32.9 Å². The molecule has 0 unspecified atom stereocenters. The van der Waals surface area contributed by atoms with Crippen LogP contribution in [0.5, 0.6) is 0 Å². The van der Waals surface area contributed by atoms with E-state index in [9.17, 15) is 18.0 Å². The molecule has 3 aromatic rings. The van der Waals surface area contributed by atoms with Crippen LogP contribution in [0.25, 0.3) is 22.4 Å². The predicted molar refractivity (Wildman–Crippen MR) is 105 cm³/mol. The Morgan fingerprint density at radius 2 is 1.90 bits per heavy atom. The number of aromatic nitrogens is 2. The number of carbonyl (C=O) groups is 1. The molecule has 0 atom stereocenters. The van der Waals surface area contributed by atoms with Gasteiger partial charge in [0.05, 0.1) is 27.9 Å². The lowest BCUT2D eigenvalue weighted by atomic mass is 10.00. The van der Waals surface area contributed by atoms with Gasteiger partial charge in [0.15, 0.2) is 0 Å². The predicted octanol–water partition coefficient (Wildman–Crippen LogP) is 4.11. The molecule has 0 aliphatic rings. The molecule has 0 bridgehead atoms. The van der Waals surface area contributed by atoms with Gasteiger partial charge in [-0.1, -0.05) is 23.4 Å². The van der Waals surface area contributed by atoms with E-state index in [1.807, 2.05) is 0 Å². The van der Waals surface area contributed by atoms with Crippen molar-refractivity contribution in [2.45, 2.75) is 32.5 Å². The number of halogens is 4. The lowest BCUT2D eigenvalue weighted by molar-refractivity contribution is -0.137. The van der Waals surface area contributed by atoms with Gasteiger partial charge in [-0.25, -0.2) is 4.98 Å². The first kappa shape index (κ1) is 22.6. The number of alkyl halides is 3. The largest absolute Gasteiger partial charge is 0.417 e. The summed E-state index contributed by atoms with van der Waals surface area (Å²) < 4.78 is 45.3. The number of aryl methyl sites for hydroxylation is 1. The van der Waals surface area contributed by atoms with Gasteiger partial charge in [-0.2, -0.15) is 13.2 Å². The maximum atomic E-state index is 13.4. The molecule has 0 aliphatic carbocycles. The number of pyridine rings is 1. The molecule has 29 heavy (non-hydrogen) atoms. The molecule has 6 nitrogen and oxygen atoms in total. The third kappa shape index (κ3) is 4.86. The van der Waals surface area contributed by atoms with E-state index in [0.717, 1.165) is 6.07 Å². The maximum absolute atomic E-state index is 13.4. The van der Waals surface area contributed by atoms with Gasteiger partial charge in [0.25, 0.3) is 11.6 Å². The second-order valence-electron chi connectivity index (χ2n) is 7.22. The minimum Gasteiger partial charge on any atom is -0.350 e. The highest BCUT2D eigenvalue weighted by atomic mass is 35.5. The van der Waals surface area contributed by atoms with E-state index in [1.54, 1.807) is 20.8 Å². The maximum Gasteiger partial charge on any atom is 0.417 e. The van der Waals surface area contributed by atoms with Crippen LogP contribution >= 0.6 is 12.4 Å². The highest BCUT2D eigenvalue weighted by molar-refractivity contribution is 6.07. The monoisotopic (exact) mass is 428 g/mol. The molecule has 1 amide bonds. The summed E-state index contributed by atoms with van der Waals surface area (Å²) in [5.41, 5.74) is 4.72. The Morgan fingerprint density at radius 1 is 1.24 bits per heavy atom.